The molecule has 0 aliphatic carbocycles. The van der Waals surface area contributed by atoms with E-state index < -0.39 is 17.0 Å². The summed E-state index contributed by atoms with van der Waals surface area (Å²) in [6.45, 7) is 5.04. The second kappa shape index (κ2) is 4.26. The Morgan fingerprint density at radius 2 is 2.25 bits per heavy atom. The molecule has 0 amide bonds. The van der Waals surface area contributed by atoms with Gasteiger partial charge in [0.1, 0.15) is 11.4 Å². The molecule has 4 nitrogen and oxygen atoms in total. The van der Waals surface area contributed by atoms with Crippen molar-refractivity contribution >= 4 is 5.97 Å². The fourth-order valence-electron chi connectivity index (χ4n) is 2.00. The Bertz CT molecular complexity index is 365. The summed E-state index contributed by atoms with van der Waals surface area (Å²) < 4.78 is 4.97. The molecule has 16 heavy (non-hydrogen) atoms. The van der Waals surface area contributed by atoms with Gasteiger partial charge in [0.15, 0.2) is 5.41 Å². The van der Waals surface area contributed by atoms with Gasteiger partial charge in [0.05, 0.1) is 6.07 Å². The van der Waals surface area contributed by atoms with Gasteiger partial charge in [-0.2, -0.15) is 5.26 Å². The number of aliphatic hydroxyl groups is 1. The third-order valence-corrected chi connectivity index (χ3v) is 3.05. The molecule has 1 rings (SSSR count). The third kappa shape index (κ3) is 1.83. The maximum absolute atomic E-state index is 11.8. The summed E-state index contributed by atoms with van der Waals surface area (Å²) in [6, 6.07) is 1.94. The van der Waals surface area contributed by atoms with Crippen molar-refractivity contribution < 1.29 is 14.6 Å². The molecule has 2 unspecified atom stereocenters. The minimum absolute atomic E-state index is 0.315. The SMILES string of the molecule is CCCCC1(C#N)C(=O)OC(C)=CC1(C)O. The molecular weight excluding hydrogens is 206 g/mol. The first-order chi connectivity index (χ1) is 7.39. The van der Waals surface area contributed by atoms with Crippen molar-refractivity contribution in [3.05, 3.63) is 11.8 Å². The second-order valence-electron chi connectivity index (χ2n) is 4.41. The first-order valence-electron chi connectivity index (χ1n) is 5.45. The zero-order chi connectivity index (χ0) is 12.4. The van der Waals surface area contributed by atoms with Crippen LogP contribution in [0.25, 0.3) is 0 Å². The van der Waals surface area contributed by atoms with E-state index in [0.29, 0.717) is 18.6 Å². The topological polar surface area (TPSA) is 70.3 Å². The molecule has 0 aromatic carbocycles. The van der Waals surface area contributed by atoms with Gasteiger partial charge < -0.3 is 9.84 Å². The summed E-state index contributed by atoms with van der Waals surface area (Å²) in [5, 5.41) is 19.5. The van der Waals surface area contributed by atoms with Crippen LogP contribution in [-0.4, -0.2) is 16.7 Å². The van der Waals surface area contributed by atoms with Crippen LogP contribution in [0.1, 0.15) is 40.0 Å². The molecule has 1 heterocycles. The molecule has 1 aliphatic rings. The van der Waals surface area contributed by atoms with E-state index in [1.807, 2.05) is 13.0 Å². The fourth-order valence-corrected chi connectivity index (χ4v) is 2.00. The summed E-state index contributed by atoms with van der Waals surface area (Å²) >= 11 is 0. The molecule has 1 aliphatic heterocycles. The van der Waals surface area contributed by atoms with Crippen molar-refractivity contribution in [2.75, 3.05) is 0 Å². The molecule has 0 fully saturated rings. The van der Waals surface area contributed by atoms with E-state index in [4.69, 9.17) is 4.74 Å². The molecule has 0 saturated carbocycles. The van der Waals surface area contributed by atoms with E-state index >= 15 is 0 Å². The number of rotatable bonds is 3. The van der Waals surface area contributed by atoms with E-state index in [1.165, 1.54) is 13.0 Å². The molecule has 0 radical (unpaired) electrons. The second-order valence-corrected chi connectivity index (χ2v) is 4.41. The number of cyclic esters (lactones) is 1. The monoisotopic (exact) mass is 223 g/mol. The Balaban J connectivity index is 3.16. The summed E-state index contributed by atoms with van der Waals surface area (Å²) in [5.74, 6) is -0.300. The Kier molecular flexibility index (Phi) is 3.39. The molecule has 0 spiro atoms. The number of carbonyl (C=O) groups is 1. The van der Waals surface area contributed by atoms with Gasteiger partial charge in [-0.05, 0) is 26.3 Å². The summed E-state index contributed by atoms with van der Waals surface area (Å²) in [6.07, 6.45) is 3.31. The number of nitrogens with zero attached hydrogens (tertiary/aromatic N) is 1. The highest BCUT2D eigenvalue weighted by Gasteiger charge is 2.56. The van der Waals surface area contributed by atoms with Crippen molar-refractivity contribution in [2.45, 2.75) is 45.6 Å². The number of carbonyl (C=O) groups excluding carboxylic acids is 1. The molecule has 0 aromatic heterocycles. The van der Waals surface area contributed by atoms with Crippen LogP contribution < -0.4 is 0 Å². The number of esters is 1. The number of unbranched alkanes of at least 4 members (excludes halogenated alkanes) is 1. The third-order valence-electron chi connectivity index (χ3n) is 3.05. The van der Waals surface area contributed by atoms with Crippen LogP contribution in [0.5, 0.6) is 0 Å². The summed E-state index contributed by atoms with van der Waals surface area (Å²) in [7, 11) is 0. The lowest BCUT2D eigenvalue weighted by Gasteiger charge is -2.39. The Labute approximate surface area is 95.5 Å². The van der Waals surface area contributed by atoms with Crippen LogP contribution >= 0.6 is 0 Å². The van der Waals surface area contributed by atoms with Gasteiger partial charge in [-0.3, -0.25) is 0 Å². The molecule has 0 saturated heterocycles. The van der Waals surface area contributed by atoms with Crippen molar-refractivity contribution in [3.8, 4) is 6.07 Å². The van der Waals surface area contributed by atoms with Crippen LogP contribution in [0.3, 0.4) is 0 Å². The number of hydrogen-bond acceptors (Lipinski definition) is 4. The Hall–Kier alpha value is -1.34. The minimum atomic E-state index is -1.47. The maximum Gasteiger partial charge on any atom is 0.334 e. The van der Waals surface area contributed by atoms with Gasteiger partial charge in [0.2, 0.25) is 0 Å². The molecule has 0 bridgehead atoms. The number of nitriles is 1. The van der Waals surface area contributed by atoms with Crippen molar-refractivity contribution in [3.63, 3.8) is 0 Å². The number of ether oxygens (including phenoxy) is 1. The van der Waals surface area contributed by atoms with Gasteiger partial charge in [-0.1, -0.05) is 19.8 Å². The molecule has 0 aromatic rings. The number of hydrogen-bond donors (Lipinski definition) is 1. The first-order valence-corrected chi connectivity index (χ1v) is 5.45. The highest BCUT2D eigenvalue weighted by atomic mass is 16.5. The van der Waals surface area contributed by atoms with Gasteiger partial charge in [0.25, 0.3) is 0 Å². The van der Waals surface area contributed by atoms with E-state index in [0.717, 1.165) is 6.42 Å². The maximum atomic E-state index is 11.8. The van der Waals surface area contributed by atoms with E-state index in [9.17, 15) is 15.2 Å². The predicted molar refractivity (Wildman–Crippen MR) is 58.0 cm³/mol. The largest absolute Gasteiger partial charge is 0.430 e. The van der Waals surface area contributed by atoms with E-state index in [2.05, 4.69) is 0 Å². The first kappa shape index (κ1) is 12.7. The summed E-state index contributed by atoms with van der Waals surface area (Å²) in [5.41, 5.74) is -2.93. The lowest BCUT2D eigenvalue weighted by atomic mass is 9.69. The Morgan fingerprint density at radius 1 is 1.62 bits per heavy atom. The van der Waals surface area contributed by atoms with Crippen LogP contribution in [0.15, 0.2) is 11.8 Å². The minimum Gasteiger partial charge on any atom is -0.430 e. The zero-order valence-electron chi connectivity index (χ0n) is 9.91. The van der Waals surface area contributed by atoms with Crippen LogP contribution in [-0.2, 0) is 9.53 Å². The zero-order valence-corrected chi connectivity index (χ0v) is 9.91. The van der Waals surface area contributed by atoms with Crippen LogP contribution in [0.4, 0.5) is 0 Å². The summed E-state index contributed by atoms with van der Waals surface area (Å²) in [4.78, 5) is 11.8. The van der Waals surface area contributed by atoms with Gasteiger partial charge in [-0.15, -0.1) is 0 Å². The smallest absolute Gasteiger partial charge is 0.334 e. The fraction of sp³-hybridized carbons (Fsp3) is 0.667. The van der Waals surface area contributed by atoms with Gasteiger partial charge in [0, 0.05) is 0 Å². The van der Waals surface area contributed by atoms with Crippen LogP contribution in [0, 0.1) is 16.7 Å². The quantitative estimate of drug-likeness (QED) is 0.742. The van der Waals surface area contributed by atoms with Gasteiger partial charge in [-0.25, -0.2) is 4.79 Å². The molecule has 4 heteroatoms. The highest BCUT2D eigenvalue weighted by Crippen LogP contribution is 2.42. The highest BCUT2D eigenvalue weighted by molar-refractivity contribution is 5.84. The molecule has 88 valence electrons. The number of allylic oxidation sites excluding steroid dienone is 1. The van der Waals surface area contributed by atoms with Gasteiger partial charge >= 0.3 is 5.97 Å². The Morgan fingerprint density at radius 3 is 2.69 bits per heavy atom. The lowest BCUT2D eigenvalue weighted by molar-refractivity contribution is -0.163. The average molecular weight is 223 g/mol. The normalized spacial score (nSPS) is 33.9. The average Bonchev–Trinajstić information content (AvgIpc) is 2.16. The molecule has 1 N–H and O–H groups in total. The van der Waals surface area contributed by atoms with Crippen molar-refractivity contribution in [1.29, 1.82) is 5.26 Å². The van der Waals surface area contributed by atoms with Crippen molar-refractivity contribution in [2.24, 2.45) is 5.41 Å². The predicted octanol–water partition coefficient (Wildman–Crippen LogP) is 1.90. The molecular formula is C12H17NO3. The molecule has 2 atom stereocenters. The lowest BCUT2D eigenvalue weighted by Crippen LogP contribution is -2.52. The standard InChI is InChI=1S/C12H17NO3/c1-4-5-6-12(8-13)10(14)16-9(2)7-11(12,3)15/h7,15H,4-6H2,1-3H3. The van der Waals surface area contributed by atoms with E-state index in [-0.39, 0.29) is 0 Å². The van der Waals surface area contributed by atoms with Crippen LogP contribution in [0.2, 0.25) is 0 Å². The van der Waals surface area contributed by atoms with E-state index in [1.54, 1.807) is 6.92 Å². The van der Waals surface area contributed by atoms with Crippen molar-refractivity contribution in [1.82, 2.24) is 0 Å².